The van der Waals surface area contributed by atoms with Crippen molar-refractivity contribution < 1.29 is 19.0 Å². The maximum absolute atomic E-state index is 12.3. The van der Waals surface area contributed by atoms with E-state index in [2.05, 4.69) is 60.7 Å². The van der Waals surface area contributed by atoms with Gasteiger partial charge in [0.2, 0.25) is 0 Å². The van der Waals surface area contributed by atoms with Crippen LogP contribution in [0, 0.1) is 0 Å². The van der Waals surface area contributed by atoms with Crippen LogP contribution in [0.15, 0.2) is 18.3 Å². The van der Waals surface area contributed by atoms with Crippen molar-refractivity contribution in [1.29, 1.82) is 0 Å². The highest BCUT2D eigenvalue weighted by Crippen LogP contribution is 2.34. The first-order valence-corrected chi connectivity index (χ1v) is 22.3. The molecule has 0 saturated heterocycles. The quantitative estimate of drug-likeness (QED) is 0.157. The fourth-order valence-electron chi connectivity index (χ4n) is 4.63. The lowest BCUT2D eigenvalue weighted by molar-refractivity contribution is 0.0491. The fourth-order valence-corrected chi connectivity index (χ4v) is 6.15. The van der Waals surface area contributed by atoms with Crippen molar-refractivity contribution in [1.82, 2.24) is 19.9 Å². The molecule has 11 heteroatoms. The van der Waals surface area contributed by atoms with Crippen LogP contribution in [0.2, 0.25) is 51.4 Å². The molecule has 0 radical (unpaired) electrons. The Morgan fingerprint density at radius 1 is 1.00 bits per heavy atom. The van der Waals surface area contributed by atoms with Gasteiger partial charge in [-0.25, -0.2) is 9.78 Å². The number of hydrogen-bond donors (Lipinski definition) is 1. The molecule has 1 saturated carbocycles. The number of amides is 1. The second-order valence-corrected chi connectivity index (χ2v) is 25.8. The lowest BCUT2D eigenvalue weighted by Crippen LogP contribution is -2.40. The van der Waals surface area contributed by atoms with Gasteiger partial charge in [-0.2, -0.15) is 9.61 Å². The molecule has 226 valence electrons. The number of alkyl carbamates (subject to hydrolysis) is 1. The Bertz CT molecular complexity index is 1060. The average molecular weight is 592 g/mol. The molecule has 40 heavy (non-hydrogen) atoms. The van der Waals surface area contributed by atoms with Gasteiger partial charge in [0.15, 0.2) is 5.65 Å². The zero-order chi connectivity index (χ0) is 29.6. The van der Waals surface area contributed by atoms with Crippen molar-refractivity contribution in [3.8, 4) is 0 Å². The molecule has 0 spiro atoms. The van der Waals surface area contributed by atoms with Gasteiger partial charge in [-0.15, -0.1) is 0 Å². The second-order valence-electron chi connectivity index (χ2n) is 14.6. The summed E-state index contributed by atoms with van der Waals surface area (Å²) in [6, 6.07) is 6.49. The van der Waals surface area contributed by atoms with E-state index in [1.807, 2.05) is 31.4 Å². The van der Waals surface area contributed by atoms with Crippen molar-refractivity contribution in [2.45, 2.75) is 115 Å². The van der Waals surface area contributed by atoms with Crippen molar-refractivity contribution in [2.24, 2.45) is 0 Å². The number of fused-ring (bicyclic) bond motifs is 1. The molecule has 0 atom stereocenters. The van der Waals surface area contributed by atoms with Crippen LogP contribution >= 0.6 is 0 Å². The molecule has 1 N–H and O–H groups in total. The SMILES string of the molecule is CC(C)(C)OC(=O)N[C@H]1CC[C@H](c2cc(N(COCC[Si](C)(C)C)COCC[Si](C)(C)C)n3nccc3n2)CC1. The van der Waals surface area contributed by atoms with Gasteiger partial charge in [-0.3, -0.25) is 0 Å². The number of nitrogens with one attached hydrogen (secondary N) is 1. The summed E-state index contributed by atoms with van der Waals surface area (Å²) in [5.74, 6) is 1.26. The van der Waals surface area contributed by atoms with Crippen LogP contribution in [0.1, 0.15) is 58.1 Å². The zero-order valence-corrected chi connectivity index (χ0v) is 28.4. The van der Waals surface area contributed by atoms with E-state index < -0.39 is 21.7 Å². The first-order chi connectivity index (χ1) is 18.6. The molecule has 0 aliphatic heterocycles. The molecule has 1 aliphatic rings. The molecule has 0 aromatic carbocycles. The smallest absolute Gasteiger partial charge is 0.407 e. The van der Waals surface area contributed by atoms with Gasteiger partial charge in [0.25, 0.3) is 0 Å². The summed E-state index contributed by atoms with van der Waals surface area (Å²) >= 11 is 0. The van der Waals surface area contributed by atoms with Gasteiger partial charge >= 0.3 is 6.09 Å². The van der Waals surface area contributed by atoms with E-state index in [9.17, 15) is 4.79 Å². The van der Waals surface area contributed by atoms with Crippen molar-refractivity contribution in [3.63, 3.8) is 0 Å². The monoisotopic (exact) mass is 591 g/mol. The summed E-state index contributed by atoms with van der Waals surface area (Å²) in [5, 5.41) is 7.64. The molecule has 1 aliphatic carbocycles. The van der Waals surface area contributed by atoms with E-state index in [-0.39, 0.29) is 12.1 Å². The Morgan fingerprint density at radius 3 is 2.10 bits per heavy atom. The molecule has 1 amide bonds. The van der Waals surface area contributed by atoms with Gasteiger partial charge in [0.1, 0.15) is 24.9 Å². The first kappa shape index (κ1) is 32.6. The largest absolute Gasteiger partial charge is 0.444 e. The maximum atomic E-state index is 12.3. The van der Waals surface area contributed by atoms with Crippen LogP contribution in [-0.4, -0.2) is 75.2 Å². The number of carbonyl (C=O) groups excluding carboxylic acids is 1. The molecule has 0 unspecified atom stereocenters. The number of hydrogen-bond acceptors (Lipinski definition) is 7. The van der Waals surface area contributed by atoms with E-state index in [0.717, 1.165) is 68.1 Å². The first-order valence-electron chi connectivity index (χ1n) is 14.8. The van der Waals surface area contributed by atoms with E-state index in [1.54, 1.807) is 6.20 Å². The van der Waals surface area contributed by atoms with E-state index >= 15 is 0 Å². The lowest BCUT2D eigenvalue weighted by Gasteiger charge is -2.31. The average Bonchev–Trinajstić information content (AvgIpc) is 3.29. The highest BCUT2D eigenvalue weighted by atomic mass is 28.3. The second kappa shape index (κ2) is 13.8. The molecule has 2 aromatic heterocycles. The minimum absolute atomic E-state index is 0.125. The molecule has 2 heterocycles. The van der Waals surface area contributed by atoms with Crippen molar-refractivity contribution in [3.05, 3.63) is 24.0 Å². The number of aromatic nitrogens is 3. The third-order valence-electron chi connectivity index (χ3n) is 7.04. The van der Waals surface area contributed by atoms with Crippen LogP contribution in [-0.2, 0) is 14.2 Å². The van der Waals surface area contributed by atoms with Gasteiger partial charge < -0.3 is 24.4 Å². The van der Waals surface area contributed by atoms with Gasteiger partial charge in [0, 0.05) is 59.1 Å². The molecule has 9 nitrogen and oxygen atoms in total. The molecular weight excluding hydrogens is 539 g/mol. The van der Waals surface area contributed by atoms with Crippen LogP contribution in [0.3, 0.4) is 0 Å². The van der Waals surface area contributed by atoms with Crippen LogP contribution in [0.25, 0.3) is 5.65 Å². The number of rotatable bonds is 13. The third kappa shape index (κ3) is 11.1. The predicted molar refractivity (Wildman–Crippen MR) is 168 cm³/mol. The van der Waals surface area contributed by atoms with Crippen molar-refractivity contribution >= 4 is 33.7 Å². The number of nitrogens with zero attached hydrogens (tertiary/aromatic N) is 4. The van der Waals surface area contributed by atoms with E-state index in [4.69, 9.17) is 19.2 Å². The van der Waals surface area contributed by atoms with Crippen LogP contribution in [0.4, 0.5) is 10.6 Å². The minimum atomic E-state index is -1.19. The fraction of sp³-hybridized carbons (Fsp3) is 0.759. The Hall–Kier alpha value is -1.96. The molecule has 0 bridgehead atoms. The van der Waals surface area contributed by atoms with Crippen LogP contribution in [0.5, 0.6) is 0 Å². The Kier molecular flexibility index (Phi) is 11.2. The summed E-state index contributed by atoms with van der Waals surface area (Å²) < 4.78 is 19.7. The van der Waals surface area contributed by atoms with E-state index in [0.29, 0.717) is 19.4 Å². The summed E-state index contributed by atoms with van der Waals surface area (Å²) in [4.78, 5) is 19.4. The molecular formula is C29H53N5O4Si2. The van der Waals surface area contributed by atoms with Gasteiger partial charge in [-0.05, 0) is 58.5 Å². The Morgan fingerprint density at radius 2 is 1.57 bits per heavy atom. The van der Waals surface area contributed by atoms with Gasteiger partial charge in [-0.1, -0.05) is 39.3 Å². The molecule has 1 fully saturated rings. The highest BCUT2D eigenvalue weighted by Gasteiger charge is 2.28. The molecule has 3 rings (SSSR count). The standard InChI is InChI=1S/C29H53N5O4Si2/c1-29(2,3)38-28(35)31-24-12-10-23(11-13-24)25-20-27(34-26(32-25)14-15-30-34)33(21-36-16-18-39(4,5)6)22-37-17-19-40(7,8)9/h14-15,20,23-24H,10-13,16-19,21-22H2,1-9H3,(H,31,35)/t23-,24-. The number of anilines is 1. The Labute approximate surface area is 243 Å². The zero-order valence-electron chi connectivity index (χ0n) is 26.4. The number of carbonyl (C=O) groups is 1. The van der Waals surface area contributed by atoms with Crippen molar-refractivity contribution in [2.75, 3.05) is 31.6 Å². The lowest BCUT2D eigenvalue weighted by atomic mass is 9.84. The predicted octanol–water partition coefficient (Wildman–Crippen LogP) is 6.71. The number of ether oxygens (including phenoxy) is 3. The summed E-state index contributed by atoms with van der Waals surface area (Å²) in [7, 11) is -2.37. The molecule has 2 aromatic rings. The van der Waals surface area contributed by atoms with E-state index in [1.165, 1.54) is 0 Å². The topological polar surface area (TPSA) is 90.2 Å². The Balaban J connectivity index is 1.72. The minimum Gasteiger partial charge on any atom is -0.444 e. The maximum Gasteiger partial charge on any atom is 0.407 e. The van der Waals surface area contributed by atoms with Gasteiger partial charge in [0.05, 0.1) is 6.20 Å². The normalized spacial score (nSPS) is 18.6. The van der Waals surface area contributed by atoms with Crippen LogP contribution < -0.4 is 10.2 Å². The third-order valence-corrected chi connectivity index (χ3v) is 10.4. The highest BCUT2D eigenvalue weighted by molar-refractivity contribution is 6.76. The summed E-state index contributed by atoms with van der Waals surface area (Å²) in [5.41, 5.74) is 1.40. The summed E-state index contributed by atoms with van der Waals surface area (Å²) in [6.45, 7) is 22.3. The summed E-state index contributed by atoms with van der Waals surface area (Å²) in [6.07, 6.45) is 5.17.